The zero-order chi connectivity index (χ0) is 29.8. The number of carbonyl (C=O) groups is 4. The monoisotopic (exact) mass is 567 g/mol. The Kier molecular flexibility index (Phi) is 12.1. The van der Waals surface area contributed by atoms with Crippen molar-refractivity contribution in [3.05, 3.63) is 65.7 Å². The summed E-state index contributed by atoms with van der Waals surface area (Å²) in [5, 5.41) is 18.1. The summed E-state index contributed by atoms with van der Waals surface area (Å²) >= 11 is 0. The zero-order valence-electron chi connectivity index (χ0n) is 24.0. The highest BCUT2D eigenvalue weighted by atomic mass is 16.5. The third kappa shape index (κ3) is 9.58. The second kappa shape index (κ2) is 15.7. The van der Waals surface area contributed by atoms with Crippen molar-refractivity contribution in [2.45, 2.75) is 43.8 Å². The lowest BCUT2D eigenvalue weighted by atomic mass is 10.0. The minimum absolute atomic E-state index is 0.00107. The van der Waals surface area contributed by atoms with E-state index in [4.69, 9.17) is 4.74 Å². The number of benzene rings is 2. The molecule has 0 bridgehead atoms. The van der Waals surface area contributed by atoms with Crippen LogP contribution in [-0.2, 0) is 20.8 Å². The molecule has 3 atom stereocenters. The van der Waals surface area contributed by atoms with Crippen LogP contribution < -0.4 is 20.7 Å². The highest BCUT2D eigenvalue weighted by Crippen LogP contribution is 2.20. The molecule has 4 amide bonds. The van der Waals surface area contributed by atoms with E-state index >= 15 is 0 Å². The van der Waals surface area contributed by atoms with Gasteiger partial charge in [0.2, 0.25) is 17.7 Å². The third-order valence-corrected chi connectivity index (χ3v) is 6.95. The van der Waals surface area contributed by atoms with Gasteiger partial charge in [-0.15, -0.1) is 0 Å². The SMILES string of the molecule is CN(C)CCCNC(=O)[C@@H]1CCC(=O)N[C@@H](CO)C(=O)N(C)[C@H](Cc2ccccc2)COc2ccccc2C(=O)N1. The Morgan fingerprint density at radius 2 is 1.78 bits per heavy atom. The van der Waals surface area contributed by atoms with Crippen LogP contribution in [0.3, 0.4) is 0 Å². The number of fused-ring (bicyclic) bond motifs is 1. The molecular weight excluding hydrogens is 526 g/mol. The van der Waals surface area contributed by atoms with E-state index in [2.05, 4.69) is 16.0 Å². The van der Waals surface area contributed by atoms with Crippen LogP contribution in [0.5, 0.6) is 5.75 Å². The largest absolute Gasteiger partial charge is 0.491 e. The van der Waals surface area contributed by atoms with Gasteiger partial charge in [-0.25, -0.2) is 0 Å². The van der Waals surface area contributed by atoms with Gasteiger partial charge in [-0.3, -0.25) is 19.2 Å². The molecule has 1 heterocycles. The number of para-hydroxylation sites is 1. The standard InChI is InChI=1S/C30H41N5O6/c1-34(2)17-9-16-31-29(39)24-14-15-27(37)32-25(19-36)30(40)35(3)22(18-21-10-5-4-6-11-21)20-41-26-13-8-7-12-23(26)28(38)33-24/h4-8,10-13,22,24-25,36H,9,14-20H2,1-3H3,(H,31,39)(H,32,37)(H,33,38)/t22-,24+,25+/m1/s1. The van der Waals surface area contributed by atoms with E-state index in [-0.39, 0.29) is 25.0 Å². The Balaban J connectivity index is 1.89. The predicted molar refractivity (Wildman–Crippen MR) is 154 cm³/mol. The van der Waals surface area contributed by atoms with Gasteiger partial charge in [-0.2, -0.15) is 0 Å². The summed E-state index contributed by atoms with van der Waals surface area (Å²) in [5.74, 6) is -1.61. The summed E-state index contributed by atoms with van der Waals surface area (Å²) in [7, 11) is 5.47. The van der Waals surface area contributed by atoms with Crippen molar-refractivity contribution in [3.63, 3.8) is 0 Å². The first-order valence-electron chi connectivity index (χ1n) is 13.9. The quantitative estimate of drug-likeness (QED) is 0.342. The molecule has 0 unspecified atom stereocenters. The molecule has 1 aliphatic rings. The molecule has 1 aliphatic heterocycles. The number of nitrogens with zero attached hydrogens (tertiary/aromatic N) is 2. The highest BCUT2D eigenvalue weighted by Gasteiger charge is 2.30. The van der Waals surface area contributed by atoms with E-state index in [1.807, 2.05) is 49.3 Å². The van der Waals surface area contributed by atoms with Crippen molar-refractivity contribution in [1.29, 1.82) is 0 Å². The number of hydrogen-bond acceptors (Lipinski definition) is 7. The minimum Gasteiger partial charge on any atom is -0.491 e. The second-order valence-corrected chi connectivity index (χ2v) is 10.4. The number of ether oxygens (including phenoxy) is 1. The first-order chi connectivity index (χ1) is 19.7. The Labute approximate surface area is 241 Å². The van der Waals surface area contributed by atoms with Crippen LogP contribution in [0.1, 0.15) is 35.2 Å². The molecular formula is C30H41N5O6. The number of rotatable bonds is 8. The Bertz CT molecular complexity index is 1170. The minimum atomic E-state index is -1.17. The Morgan fingerprint density at radius 1 is 1.07 bits per heavy atom. The number of carbonyl (C=O) groups excluding carboxylic acids is 4. The molecule has 0 aliphatic carbocycles. The highest BCUT2D eigenvalue weighted by molar-refractivity contribution is 5.99. The van der Waals surface area contributed by atoms with E-state index in [1.165, 1.54) is 4.90 Å². The van der Waals surface area contributed by atoms with Gasteiger partial charge in [0.1, 0.15) is 24.4 Å². The molecule has 11 heteroatoms. The van der Waals surface area contributed by atoms with Gasteiger partial charge in [0.15, 0.2) is 0 Å². The second-order valence-electron chi connectivity index (χ2n) is 10.4. The number of likely N-dealkylation sites (N-methyl/N-ethyl adjacent to an activating group) is 1. The van der Waals surface area contributed by atoms with Crippen molar-refractivity contribution < 1.29 is 29.0 Å². The topological polar surface area (TPSA) is 140 Å². The molecule has 0 spiro atoms. The first-order valence-corrected chi connectivity index (χ1v) is 13.9. The van der Waals surface area contributed by atoms with Gasteiger partial charge in [0.05, 0.1) is 18.2 Å². The van der Waals surface area contributed by atoms with Gasteiger partial charge in [0, 0.05) is 20.0 Å². The number of hydrogen-bond donors (Lipinski definition) is 4. The van der Waals surface area contributed by atoms with E-state index < -0.39 is 48.4 Å². The molecule has 4 N–H and O–H groups in total. The number of aliphatic hydroxyl groups is 1. The van der Waals surface area contributed by atoms with Gasteiger partial charge in [-0.1, -0.05) is 42.5 Å². The molecule has 0 fully saturated rings. The average Bonchev–Trinajstić information content (AvgIpc) is 2.97. The van der Waals surface area contributed by atoms with E-state index in [1.54, 1.807) is 31.3 Å². The summed E-state index contributed by atoms with van der Waals surface area (Å²) < 4.78 is 6.12. The lowest BCUT2D eigenvalue weighted by Crippen LogP contribution is -2.54. The van der Waals surface area contributed by atoms with Crippen LogP contribution in [0.25, 0.3) is 0 Å². The van der Waals surface area contributed by atoms with Crippen molar-refractivity contribution in [2.75, 3.05) is 47.4 Å². The lowest BCUT2D eigenvalue weighted by Gasteiger charge is -2.31. The van der Waals surface area contributed by atoms with Crippen LogP contribution in [0, 0.1) is 0 Å². The summed E-state index contributed by atoms with van der Waals surface area (Å²) in [5.41, 5.74) is 1.20. The summed E-state index contributed by atoms with van der Waals surface area (Å²) in [4.78, 5) is 56.1. The number of aliphatic hydroxyl groups excluding tert-OH is 1. The van der Waals surface area contributed by atoms with Gasteiger partial charge in [0.25, 0.3) is 5.91 Å². The molecule has 0 aromatic heterocycles. The van der Waals surface area contributed by atoms with Gasteiger partial charge >= 0.3 is 0 Å². The van der Waals surface area contributed by atoms with Crippen LogP contribution >= 0.6 is 0 Å². The fraction of sp³-hybridized carbons (Fsp3) is 0.467. The van der Waals surface area contributed by atoms with Crippen LogP contribution in [-0.4, -0.2) is 104 Å². The molecule has 2 aromatic rings. The van der Waals surface area contributed by atoms with E-state index in [9.17, 15) is 24.3 Å². The summed E-state index contributed by atoms with van der Waals surface area (Å²) in [6, 6.07) is 13.6. The molecule has 3 rings (SSSR count). The molecule has 0 saturated carbocycles. The maximum Gasteiger partial charge on any atom is 0.255 e. The van der Waals surface area contributed by atoms with Crippen molar-refractivity contribution >= 4 is 23.6 Å². The van der Waals surface area contributed by atoms with E-state index in [0.29, 0.717) is 25.1 Å². The molecule has 41 heavy (non-hydrogen) atoms. The Hall–Kier alpha value is -3.96. The molecule has 222 valence electrons. The summed E-state index contributed by atoms with van der Waals surface area (Å²) in [6.07, 6.45) is 1.02. The van der Waals surface area contributed by atoms with Crippen LogP contribution in [0.2, 0.25) is 0 Å². The molecule has 11 nitrogen and oxygen atoms in total. The fourth-order valence-corrected chi connectivity index (χ4v) is 4.55. The normalized spacial score (nSPS) is 20.7. The average molecular weight is 568 g/mol. The molecule has 2 aromatic carbocycles. The summed E-state index contributed by atoms with van der Waals surface area (Å²) in [6.45, 7) is 0.638. The third-order valence-electron chi connectivity index (χ3n) is 6.95. The van der Waals surface area contributed by atoms with Crippen molar-refractivity contribution in [2.24, 2.45) is 0 Å². The van der Waals surface area contributed by atoms with Crippen LogP contribution in [0.15, 0.2) is 54.6 Å². The predicted octanol–water partition coefficient (Wildman–Crippen LogP) is 0.572. The zero-order valence-corrected chi connectivity index (χ0v) is 24.0. The Morgan fingerprint density at radius 3 is 2.49 bits per heavy atom. The van der Waals surface area contributed by atoms with Crippen molar-refractivity contribution in [3.8, 4) is 5.75 Å². The van der Waals surface area contributed by atoms with Crippen molar-refractivity contribution in [1.82, 2.24) is 25.8 Å². The first kappa shape index (κ1) is 31.6. The lowest BCUT2D eigenvalue weighted by molar-refractivity contribution is -0.138. The number of nitrogens with one attached hydrogen (secondary N) is 3. The molecule has 0 saturated heterocycles. The van der Waals surface area contributed by atoms with Crippen LogP contribution in [0.4, 0.5) is 0 Å². The number of amides is 4. The van der Waals surface area contributed by atoms with Gasteiger partial charge < -0.3 is 35.6 Å². The fourth-order valence-electron chi connectivity index (χ4n) is 4.55. The smallest absolute Gasteiger partial charge is 0.255 e. The molecule has 0 radical (unpaired) electrons. The van der Waals surface area contributed by atoms with E-state index in [0.717, 1.165) is 12.1 Å². The van der Waals surface area contributed by atoms with Gasteiger partial charge in [-0.05, 0) is 57.6 Å². The maximum atomic E-state index is 13.4. The maximum absolute atomic E-state index is 13.4.